The Morgan fingerprint density at radius 2 is 2.11 bits per heavy atom. The monoisotopic (exact) mass is 395 g/mol. The van der Waals surface area contributed by atoms with E-state index in [2.05, 4.69) is 9.97 Å². The van der Waals surface area contributed by atoms with Crippen LogP contribution in [-0.2, 0) is 25.7 Å². The molecule has 0 atom stereocenters. The summed E-state index contributed by atoms with van der Waals surface area (Å²) < 4.78 is 43.7. The molecule has 3 aromatic rings. The number of hydrogen-bond acceptors (Lipinski definition) is 5. The molecule has 0 bridgehead atoms. The standard InChI is InChI=1S/C18H13ClF3N3O2/c19-12-1-2-15-13(5-12)16(26)11(9-27-15)8-25-4-3-14-10(7-25)6-23-17(24-14)18(20,21)22/h1-2,5-6,9H,3-4,7-8H2. The van der Waals surface area contributed by atoms with Gasteiger partial charge in [-0.25, -0.2) is 9.97 Å². The quantitative estimate of drug-likeness (QED) is 0.660. The topological polar surface area (TPSA) is 59.2 Å². The van der Waals surface area contributed by atoms with Crippen molar-refractivity contribution in [2.24, 2.45) is 0 Å². The lowest BCUT2D eigenvalue weighted by Gasteiger charge is -2.27. The Hall–Kier alpha value is -2.45. The lowest BCUT2D eigenvalue weighted by Crippen LogP contribution is -2.33. The van der Waals surface area contributed by atoms with Crippen LogP contribution in [0.15, 0.2) is 39.9 Å². The van der Waals surface area contributed by atoms with Crippen LogP contribution in [-0.4, -0.2) is 21.4 Å². The highest BCUT2D eigenvalue weighted by Gasteiger charge is 2.35. The fourth-order valence-electron chi connectivity index (χ4n) is 3.14. The number of benzene rings is 1. The van der Waals surface area contributed by atoms with E-state index in [-0.39, 0.29) is 5.43 Å². The van der Waals surface area contributed by atoms with E-state index in [1.54, 1.807) is 18.2 Å². The summed E-state index contributed by atoms with van der Waals surface area (Å²) in [6.07, 6.45) is -1.58. The molecule has 1 aliphatic rings. The minimum atomic E-state index is -4.56. The van der Waals surface area contributed by atoms with Crippen LogP contribution in [0.5, 0.6) is 0 Å². The molecule has 27 heavy (non-hydrogen) atoms. The zero-order valence-electron chi connectivity index (χ0n) is 13.9. The largest absolute Gasteiger partial charge is 0.464 e. The maximum atomic E-state index is 12.7. The molecule has 0 spiro atoms. The van der Waals surface area contributed by atoms with Crippen LogP contribution in [0.25, 0.3) is 11.0 Å². The van der Waals surface area contributed by atoms with Gasteiger partial charge in [-0.05, 0) is 18.2 Å². The minimum Gasteiger partial charge on any atom is -0.464 e. The number of alkyl halides is 3. The predicted molar refractivity (Wildman–Crippen MR) is 92.3 cm³/mol. The van der Waals surface area contributed by atoms with Crippen molar-refractivity contribution in [3.63, 3.8) is 0 Å². The summed E-state index contributed by atoms with van der Waals surface area (Å²) in [5.74, 6) is -1.12. The van der Waals surface area contributed by atoms with Crippen molar-refractivity contribution in [1.29, 1.82) is 0 Å². The summed E-state index contributed by atoms with van der Waals surface area (Å²) in [4.78, 5) is 21.7. The highest BCUT2D eigenvalue weighted by Crippen LogP contribution is 2.28. The van der Waals surface area contributed by atoms with Gasteiger partial charge in [-0.2, -0.15) is 13.2 Å². The molecule has 4 rings (SSSR count). The second kappa shape index (κ2) is 6.61. The van der Waals surface area contributed by atoms with Crippen LogP contribution in [0.3, 0.4) is 0 Å². The maximum Gasteiger partial charge on any atom is 0.451 e. The second-order valence-corrected chi connectivity index (χ2v) is 6.79. The molecule has 9 heteroatoms. The minimum absolute atomic E-state index is 0.173. The van der Waals surface area contributed by atoms with Crippen molar-refractivity contribution in [1.82, 2.24) is 14.9 Å². The van der Waals surface area contributed by atoms with Gasteiger partial charge in [0.25, 0.3) is 0 Å². The molecule has 0 amide bonds. The SMILES string of the molecule is O=c1c(CN2CCc3nc(C(F)(F)F)ncc3C2)coc2ccc(Cl)cc12. The molecule has 0 aliphatic carbocycles. The van der Waals surface area contributed by atoms with Gasteiger partial charge >= 0.3 is 6.18 Å². The Balaban J connectivity index is 1.58. The summed E-state index contributed by atoms with van der Waals surface area (Å²) in [6, 6.07) is 4.84. The van der Waals surface area contributed by atoms with Gasteiger partial charge in [0.2, 0.25) is 5.82 Å². The first kappa shape index (κ1) is 17.9. The Bertz CT molecular complexity index is 1080. The van der Waals surface area contributed by atoms with E-state index in [1.807, 2.05) is 4.90 Å². The third-order valence-corrected chi connectivity index (χ3v) is 4.70. The average Bonchev–Trinajstić information content (AvgIpc) is 2.63. The van der Waals surface area contributed by atoms with Gasteiger partial charge < -0.3 is 4.42 Å². The van der Waals surface area contributed by atoms with Crippen LogP contribution in [0.4, 0.5) is 13.2 Å². The summed E-state index contributed by atoms with van der Waals surface area (Å²) in [5, 5.41) is 0.840. The van der Waals surface area contributed by atoms with E-state index >= 15 is 0 Å². The molecular formula is C18H13ClF3N3O2. The zero-order chi connectivity index (χ0) is 19.2. The van der Waals surface area contributed by atoms with Gasteiger partial charge in [-0.1, -0.05) is 11.6 Å². The Morgan fingerprint density at radius 1 is 1.30 bits per heavy atom. The van der Waals surface area contributed by atoms with E-state index in [9.17, 15) is 18.0 Å². The third kappa shape index (κ3) is 3.54. The van der Waals surface area contributed by atoms with Gasteiger partial charge in [0.1, 0.15) is 5.58 Å². The molecule has 0 radical (unpaired) electrons. The van der Waals surface area contributed by atoms with E-state index in [1.165, 1.54) is 12.5 Å². The molecule has 3 heterocycles. The Morgan fingerprint density at radius 3 is 2.89 bits per heavy atom. The fraction of sp³-hybridized carbons (Fsp3) is 0.278. The summed E-state index contributed by atoms with van der Waals surface area (Å²) in [5.41, 5.74) is 1.76. The molecule has 140 valence electrons. The number of aromatic nitrogens is 2. The molecular weight excluding hydrogens is 383 g/mol. The van der Waals surface area contributed by atoms with Crippen molar-refractivity contribution in [3.8, 4) is 0 Å². The van der Waals surface area contributed by atoms with E-state index < -0.39 is 12.0 Å². The van der Waals surface area contributed by atoms with Crippen LogP contribution in [0.2, 0.25) is 5.02 Å². The van der Waals surface area contributed by atoms with E-state index in [4.69, 9.17) is 16.0 Å². The normalized spacial score (nSPS) is 15.1. The first-order chi connectivity index (χ1) is 12.8. The summed E-state index contributed by atoms with van der Waals surface area (Å²) >= 11 is 5.95. The van der Waals surface area contributed by atoms with Gasteiger partial charge in [0, 0.05) is 48.4 Å². The van der Waals surface area contributed by atoms with Crippen molar-refractivity contribution in [2.75, 3.05) is 6.54 Å². The maximum absolute atomic E-state index is 12.7. The Labute approximate surface area is 156 Å². The van der Waals surface area contributed by atoms with Crippen molar-refractivity contribution in [3.05, 3.63) is 68.6 Å². The van der Waals surface area contributed by atoms with Crippen LogP contribution >= 0.6 is 11.6 Å². The first-order valence-corrected chi connectivity index (χ1v) is 8.53. The van der Waals surface area contributed by atoms with Crippen LogP contribution in [0, 0.1) is 0 Å². The first-order valence-electron chi connectivity index (χ1n) is 8.15. The highest BCUT2D eigenvalue weighted by molar-refractivity contribution is 6.31. The van der Waals surface area contributed by atoms with Gasteiger partial charge in [0.05, 0.1) is 17.3 Å². The van der Waals surface area contributed by atoms with Gasteiger partial charge in [0.15, 0.2) is 5.43 Å². The number of rotatable bonds is 2. The molecule has 0 N–H and O–H groups in total. The molecule has 0 saturated carbocycles. The van der Waals surface area contributed by atoms with Crippen LogP contribution < -0.4 is 5.43 Å². The fourth-order valence-corrected chi connectivity index (χ4v) is 3.31. The smallest absolute Gasteiger partial charge is 0.451 e. The Kier molecular flexibility index (Phi) is 4.39. The number of hydrogen-bond donors (Lipinski definition) is 0. The van der Waals surface area contributed by atoms with Crippen molar-refractivity contribution < 1.29 is 17.6 Å². The number of halogens is 4. The van der Waals surface area contributed by atoms with Gasteiger partial charge in [-0.15, -0.1) is 0 Å². The molecule has 0 unspecified atom stereocenters. The lowest BCUT2D eigenvalue weighted by atomic mass is 10.1. The van der Waals surface area contributed by atoms with Crippen molar-refractivity contribution in [2.45, 2.75) is 25.7 Å². The van der Waals surface area contributed by atoms with E-state index in [0.29, 0.717) is 58.9 Å². The lowest BCUT2D eigenvalue weighted by molar-refractivity contribution is -0.145. The highest BCUT2D eigenvalue weighted by atomic mass is 35.5. The predicted octanol–water partition coefficient (Wildman–Crippen LogP) is 3.81. The number of fused-ring (bicyclic) bond motifs is 2. The van der Waals surface area contributed by atoms with Gasteiger partial charge in [-0.3, -0.25) is 9.69 Å². The summed E-state index contributed by atoms with van der Waals surface area (Å²) in [7, 11) is 0. The molecule has 2 aromatic heterocycles. The third-order valence-electron chi connectivity index (χ3n) is 4.47. The molecule has 1 aliphatic heterocycles. The second-order valence-electron chi connectivity index (χ2n) is 6.35. The molecule has 1 aromatic carbocycles. The van der Waals surface area contributed by atoms with Crippen molar-refractivity contribution >= 4 is 22.6 Å². The van der Waals surface area contributed by atoms with Crippen LogP contribution in [0.1, 0.15) is 22.6 Å². The van der Waals surface area contributed by atoms with E-state index in [0.717, 1.165) is 0 Å². The number of nitrogens with zero attached hydrogens (tertiary/aromatic N) is 3. The molecule has 0 fully saturated rings. The molecule has 5 nitrogen and oxygen atoms in total. The zero-order valence-corrected chi connectivity index (χ0v) is 14.6. The summed E-state index contributed by atoms with van der Waals surface area (Å²) in [6.45, 7) is 1.15. The molecule has 0 saturated heterocycles. The average molecular weight is 396 g/mol.